The van der Waals surface area contributed by atoms with Crippen molar-refractivity contribution >= 4 is 43.9 Å². The predicted octanol–water partition coefficient (Wildman–Crippen LogP) is 13.7. The number of nitrogens with zero attached hydrogens (tertiary/aromatic N) is 3. The fourth-order valence-electron chi connectivity index (χ4n) is 7.90. The molecule has 0 aliphatic rings. The van der Waals surface area contributed by atoms with Gasteiger partial charge >= 0.3 is 0 Å². The van der Waals surface area contributed by atoms with Crippen LogP contribution in [0.5, 0.6) is 0 Å². The van der Waals surface area contributed by atoms with Crippen molar-refractivity contribution in [2.24, 2.45) is 0 Å². The summed E-state index contributed by atoms with van der Waals surface area (Å²) in [6, 6.07) is 60.6. The van der Waals surface area contributed by atoms with Gasteiger partial charge in [0.05, 0.1) is 11.4 Å². The maximum Gasteiger partial charge on any atom is 0.160 e. The van der Waals surface area contributed by atoms with E-state index in [0.29, 0.717) is 5.82 Å². The molecular formula is C51H31N3O2. The molecule has 0 saturated heterocycles. The number of hydrogen-bond donors (Lipinski definition) is 0. The summed E-state index contributed by atoms with van der Waals surface area (Å²) in [4.78, 5) is 14.3. The zero-order chi connectivity index (χ0) is 37.0. The first-order valence-electron chi connectivity index (χ1n) is 18.7. The molecule has 5 nitrogen and oxygen atoms in total. The molecule has 5 heteroatoms. The third-order valence-electron chi connectivity index (χ3n) is 10.7. The zero-order valence-corrected chi connectivity index (χ0v) is 30.1. The van der Waals surface area contributed by atoms with Gasteiger partial charge in [0.2, 0.25) is 0 Å². The molecular weight excluding hydrogens is 687 g/mol. The van der Waals surface area contributed by atoms with E-state index in [1.165, 1.54) is 0 Å². The van der Waals surface area contributed by atoms with Crippen LogP contribution in [0.2, 0.25) is 0 Å². The number of aromatic nitrogens is 3. The molecule has 0 fully saturated rings. The van der Waals surface area contributed by atoms with Crippen LogP contribution >= 0.6 is 0 Å². The molecule has 0 amide bonds. The second kappa shape index (κ2) is 13.0. The van der Waals surface area contributed by atoms with Crippen LogP contribution in [0, 0.1) is 0 Å². The van der Waals surface area contributed by atoms with Gasteiger partial charge in [0.25, 0.3) is 0 Å². The minimum Gasteiger partial charge on any atom is -0.455 e. The van der Waals surface area contributed by atoms with Crippen molar-refractivity contribution in [2.45, 2.75) is 0 Å². The lowest BCUT2D eigenvalue weighted by atomic mass is 9.93. The van der Waals surface area contributed by atoms with E-state index in [4.69, 9.17) is 18.8 Å². The van der Waals surface area contributed by atoms with Crippen molar-refractivity contribution in [3.8, 4) is 67.3 Å². The first kappa shape index (κ1) is 31.9. The SMILES string of the molecule is c1ccc(-c2cc(-c3ccc(-c4ccc(-c5cccc6c5oc5ccccc56)c5oc6ccccc6c45)cc3)nc(-c3ccc(-c4ccncc4)cc3)n2)cc1. The van der Waals surface area contributed by atoms with Crippen LogP contribution in [0.4, 0.5) is 0 Å². The van der Waals surface area contributed by atoms with Crippen molar-refractivity contribution in [2.75, 3.05) is 0 Å². The lowest BCUT2D eigenvalue weighted by Gasteiger charge is -2.12. The van der Waals surface area contributed by atoms with Gasteiger partial charge in [-0.3, -0.25) is 4.98 Å². The molecule has 262 valence electrons. The van der Waals surface area contributed by atoms with Crippen LogP contribution in [0.15, 0.2) is 197 Å². The van der Waals surface area contributed by atoms with E-state index in [2.05, 4.69) is 126 Å². The smallest absolute Gasteiger partial charge is 0.160 e. The summed E-state index contributed by atoms with van der Waals surface area (Å²) >= 11 is 0. The summed E-state index contributed by atoms with van der Waals surface area (Å²) in [6.07, 6.45) is 3.62. The van der Waals surface area contributed by atoms with Crippen molar-refractivity contribution in [1.29, 1.82) is 0 Å². The van der Waals surface area contributed by atoms with Crippen LogP contribution in [0.25, 0.3) is 111 Å². The van der Waals surface area contributed by atoms with Crippen molar-refractivity contribution in [3.05, 3.63) is 188 Å². The summed E-state index contributed by atoms with van der Waals surface area (Å²) in [7, 11) is 0. The summed E-state index contributed by atoms with van der Waals surface area (Å²) < 4.78 is 13.2. The van der Waals surface area contributed by atoms with E-state index in [1.807, 2.05) is 67.0 Å². The minimum absolute atomic E-state index is 0.674. The standard InChI is InChI=1S/C51H31N3O2/c1-2-9-35(10-3-1)44-31-45(54-51(53-44)37-23-17-32(18-24-37)33-27-29-52-30-28-33)36-21-19-34(20-22-36)38-25-26-42(50-48(38)43-12-5-7-16-47(43)56-50)41-14-8-13-40-39-11-4-6-15-46(39)55-49(40)41/h1-31H. The molecule has 11 aromatic rings. The van der Waals surface area contributed by atoms with E-state index < -0.39 is 0 Å². The lowest BCUT2D eigenvalue weighted by molar-refractivity contribution is 0.665. The maximum atomic E-state index is 6.70. The summed E-state index contributed by atoms with van der Waals surface area (Å²) in [5.74, 6) is 0.674. The lowest BCUT2D eigenvalue weighted by Crippen LogP contribution is -1.96. The second-order valence-electron chi connectivity index (χ2n) is 14.0. The predicted molar refractivity (Wildman–Crippen MR) is 227 cm³/mol. The van der Waals surface area contributed by atoms with Gasteiger partial charge in [-0.1, -0.05) is 140 Å². The van der Waals surface area contributed by atoms with Gasteiger partial charge in [-0.05, 0) is 58.7 Å². The van der Waals surface area contributed by atoms with Gasteiger partial charge in [-0.25, -0.2) is 9.97 Å². The number of pyridine rings is 1. The van der Waals surface area contributed by atoms with E-state index in [1.54, 1.807) is 0 Å². The number of rotatable bonds is 6. The van der Waals surface area contributed by atoms with Gasteiger partial charge in [0.15, 0.2) is 5.82 Å². The Morgan fingerprint density at radius 2 is 0.875 bits per heavy atom. The molecule has 0 saturated carbocycles. The number of furan rings is 2. The number of fused-ring (bicyclic) bond motifs is 6. The van der Waals surface area contributed by atoms with Crippen molar-refractivity contribution in [3.63, 3.8) is 0 Å². The monoisotopic (exact) mass is 717 g/mol. The molecule has 56 heavy (non-hydrogen) atoms. The molecule has 0 unspecified atom stereocenters. The van der Waals surface area contributed by atoms with Gasteiger partial charge in [0.1, 0.15) is 22.3 Å². The molecule has 4 aromatic heterocycles. The highest BCUT2D eigenvalue weighted by molar-refractivity contribution is 6.18. The van der Waals surface area contributed by atoms with E-state index >= 15 is 0 Å². The van der Waals surface area contributed by atoms with E-state index in [0.717, 1.165) is 105 Å². The summed E-state index contributed by atoms with van der Waals surface area (Å²) in [5, 5.41) is 4.34. The van der Waals surface area contributed by atoms with E-state index in [-0.39, 0.29) is 0 Å². The van der Waals surface area contributed by atoms with Gasteiger partial charge in [-0.2, -0.15) is 0 Å². The minimum atomic E-state index is 0.674. The second-order valence-corrected chi connectivity index (χ2v) is 14.0. The highest BCUT2D eigenvalue weighted by Crippen LogP contribution is 2.45. The molecule has 0 N–H and O–H groups in total. The highest BCUT2D eigenvalue weighted by atomic mass is 16.3. The molecule has 0 aliphatic carbocycles. The highest BCUT2D eigenvalue weighted by Gasteiger charge is 2.20. The Bertz CT molecular complexity index is 3220. The Kier molecular flexibility index (Phi) is 7.42. The summed E-state index contributed by atoms with van der Waals surface area (Å²) in [6.45, 7) is 0. The zero-order valence-electron chi connectivity index (χ0n) is 30.1. The molecule has 0 radical (unpaired) electrons. The Morgan fingerprint density at radius 3 is 1.64 bits per heavy atom. The van der Waals surface area contributed by atoms with E-state index in [9.17, 15) is 0 Å². The largest absolute Gasteiger partial charge is 0.455 e. The molecule has 4 heterocycles. The van der Waals surface area contributed by atoms with Crippen molar-refractivity contribution in [1.82, 2.24) is 15.0 Å². The average molecular weight is 718 g/mol. The molecule has 0 bridgehead atoms. The van der Waals surface area contributed by atoms with Gasteiger partial charge in [0, 0.05) is 61.8 Å². The Labute approximate surface area is 322 Å². The number of hydrogen-bond acceptors (Lipinski definition) is 5. The first-order chi connectivity index (χ1) is 27.7. The first-order valence-corrected chi connectivity index (χ1v) is 18.7. The fraction of sp³-hybridized carbons (Fsp3) is 0. The normalized spacial score (nSPS) is 11.6. The third-order valence-corrected chi connectivity index (χ3v) is 10.7. The topological polar surface area (TPSA) is 65.0 Å². The van der Waals surface area contributed by atoms with Crippen molar-refractivity contribution < 1.29 is 8.83 Å². The van der Waals surface area contributed by atoms with Crippen LogP contribution in [0.1, 0.15) is 0 Å². The molecule has 0 aliphatic heterocycles. The van der Waals surface area contributed by atoms with Crippen LogP contribution in [-0.2, 0) is 0 Å². The Hall–Kier alpha value is -7.63. The van der Waals surface area contributed by atoms with Crippen LogP contribution < -0.4 is 0 Å². The van der Waals surface area contributed by atoms with Gasteiger partial charge in [-0.15, -0.1) is 0 Å². The number of benzene rings is 7. The van der Waals surface area contributed by atoms with Gasteiger partial charge < -0.3 is 8.83 Å². The third kappa shape index (κ3) is 5.37. The average Bonchev–Trinajstić information content (AvgIpc) is 3.86. The fourth-order valence-corrected chi connectivity index (χ4v) is 7.90. The molecule has 0 atom stereocenters. The Balaban J connectivity index is 1.02. The quantitative estimate of drug-likeness (QED) is 0.171. The maximum absolute atomic E-state index is 6.70. The molecule has 0 spiro atoms. The Morgan fingerprint density at radius 1 is 0.339 bits per heavy atom. The van der Waals surface area contributed by atoms with Crippen LogP contribution in [0.3, 0.4) is 0 Å². The number of para-hydroxylation sites is 3. The summed E-state index contributed by atoms with van der Waals surface area (Å²) in [5.41, 5.74) is 14.5. The molecule has 7 aromatic carbocycles. The van der Waals surface area contributed by atoms with Crippen LogP contribution in [-0.4, -0.2) is 15.0 Å². The molecule has 11 rings (SSSR count).